The predicted molar refractivity (Wildman–Crippen MR) is 69.4 cm³/mol. The number of hydrogen-bond acceptors (Lipinski definition) is 7. The highest BCUT2D eigenvalue weighted by molar-refractivity contribution is 7.74. The molecular weight excluding hydrogens is 302 g/mol. The summed E-state index contributed by atoms with van der Waals surface area (Å²) in [6.45, 7) is 4.62. The molecule has 0 aromatic heterocycles. The van der Waals surface area contributed by atoms with Crippen LogP contribution in [-0.2, 0) is 34.6 Å². The van der Waals surface area contributed by atoms with Crippen LogP contribution in [0.25, 0.3) is 0 Å². The molecule has 2 aliphatic rings. The van der Waals surface area contributed by atoms with E-state index in [0.717, 1.165) is 0 Å². The molecule has 2 aliphatic heterocycles. The van der Waals surface area contributed by atoms with E-state index in [2.05, 4.69) is 11.9 Å². The molecule has 0 radical (unpaired) electrons. The molecule has 1 N–H and O–H groups in total. The number of rotatable bonds is 6. The van der Waals surface area contributed by atoms with Crippen LogP contribution in [0.4, 0.5) is 0 Å². The standard InChI is InChI=1S/C12H17NO7S/c1-6(2)12(15)13-5-9(14)19-10-7-3-4-8(18-7)11(10)20-21(16)17/h7-8,10-11H,1,3-5H2,2H3,(H,13,15)(H,16,17)/p-1. The summed E-state index contributed by atoms with van der Waals surface area (Å²) in [7, 11) is 0. The van der Waals surface area contributed by atoms with E-state index in [9.17, 15) is 18.4 Å². The van der Waals surface area contributed by atoms with Gasteiger partial charge in [-0.2, -0.15) is 0 Å². The lowest BCUT2D eigenvalue weighted by molar-refractivity contribution is -0.154. The number of fused-ring (bicyclic) bond motifs is 2. The highest BCUT2D eigenvalue weighted by Crippen LogP contribution is 2.38. The zero-order chi connectivity index (χ0) is 15.6. The summed E-state index contributed by atoms with van der Waals surface area (Å²) in [6, 6.07) is 0. The van der Waals surface area contributed by atoms with Gasteiger partial charge < -0.3 is 19.3 Å². The van der Waals surface area contributed by atoms with Gasteiger partial charge in [-0.05, 0) is 19.8 Å². The van der Waals surface area contributed by atoms with Crippen LogP contribution in [0, 0.1) is 0 Å². The Labute approximate surface area is 124 Å². The molecule has 0 aromatic carbocycles. The lowest BCUT2D eigenvalue weighted by atomic mass is 9.95. The number of ether oxygens (including phenoxy) is 2. The van der Waals surface area contributed by atoms with Crippen LogP contribution >= 0.6 is 0 Å². The van der Waals surface area contributed by atoms with Crippen molar-refractivity contribution in [2.75, 3.05) is 6.54 Å². The summed E-state index contributed by atoms with van der Waals surface area (Å²) in [6.07, 6.45) is -1.04. The maximum Gasteiger partial charge on any atom is 0.325 e. The minimum Gasteiger partial charge on any atom is -0.750 e. The van der Waals surface area contributed by atoms with Gasteiger partial charge in [0, 0.05) is 5.57 Å². The monoisotopic (exact) mass is 318 g/mol. The summed E-state index contributed by atoms with van der Waals surface area (Å²) >= 11 is -2.71. The van der Waals surface area contributed by atoms with Crippen LogP contribution in [0.15, 0.2) is 12.2 Å². The maximum absolute atomic E-state index is 11.7. The third-order valence-electron chi connectivity index (χ3n) is 3.38. The Balaban J connectivity index is 1.88. The molecule has 2 rings (SSSR count). The van der Waals surface area contributed by atoms with Crippen LogP contribution in [0.1, 0.15) is 19.8 Å². The zero-order valence-electron chi connectivity index (χ0n) is 11.4. The lowest BCUT2D eigenvalue weighted by Crippen LogP contribution is -2.44. The molecule has 1 amide bonds. The normalized spacial score (nSPS) is 31.7. The van der Waals surface area contributed by atoms with Gasteiger partial charge in [0.05, 0.1) is 23.6 Å². The fourth-order valence-corrected chi connectivity index (χ4v) is 2.86. The Bertz CT molecular complexity index is 480. The lowest BCUT2D eigenvalue weighted by Gasteiger charge is -2.27. The van der Waals surface area contributed by atoms with Crippen molar-refractivity contribution in [3.63, 3.8) is 0 Å². The minimum absolute atomic E-state index is 0.272. The van der Waals surface area contributed by atoms with Crippen molar-refractivity contribution in [2.24, 2.45) is 0 Å². The van der Waals surface area contributed by atoms with Gasteiger partial charge in [-0.1, -0.05) is 6.58 Å². The van der Waals surface area contributed by atoms with Crippen molar-refractivity contribution in [3.05, 3.63) is 12.2 Å². The minimum atomic E-state index is -2.71. The van der Waals surface area contributed by atoms with E-state index < -0.39 is 41.5 Å². The molecule has 9 heteroatoms. The van der Waals surface area contributed by atoms with Gasteiger partial charge in [0.15, 0.2) is 6.10 Å². The summed E-state index contributed by atoms with van der Waals surface area (Å²) in [5.74, 6) is -1.14. The van der Waals surface area contributed by atoms with Crippen LogP contribution in [0.5, 0.6) is 0 Å². The molecule has 2 heterocycles. The third kappa shape index (κ3) is 3.88. The van der Waals surface area contributed by atoms with E-state index in [1.165, 1.54) is 6.92 Å². The third-order valence-corrected chi connectivity index (χ3v) is 3.76. The molecule has 2 fully saturated rings. The molecule has 0 spiro atoms. The highest BCUT2D eigenvalue weighted by atomic mass is 32.2. The van der Waals surface area contributed by atoms with E-state index >= 15 is 0 Å². The first kappa shape index (κ1) is 16.1. The second-order valence-electron chi connectivity index (χ2n) is 4.97. The highest BCUT2D eigenvalue weighted by Gasteiger charge is 2.52. The summed E-state index contributed by atoms with van der Waals surface area (Å²) in [5, 5.41) is 2.34. The first-order valence-corrected chi connectivity index (χ1v) is 7.43. The van der Waals surface area contributed by atoms with E-state index in [4.69, 9.17) is 13.7 Å². The van der Waals surface area contributed by atoms with E-state index in [-0.39, 0.29) is 18.2 Å². The second kappa shape index (κ2) is 6.65. The van der Waals surface area contributed by atoms with Gasteiger partial charge in [-0.15, -0.1) is 0 Å². The van der Waals surface area contributed by atoms with Crippen LogP contribution in [-0.4, -0.2) is 51.6 Å². The molecular formula is C12H16NO7S-. The second-order valence-corrected chi connectivity index (χ2v) is 5.57. The average molecular weight is 318 g/mol. The first-order valence-electron chi connectivity index (χ1n) is 6.43. The van der Waals surface area contributed by atoms with Crippen molar-refractivity contribution in [2.45, 2.75) is 44.2 Å². The number of carbonyl (C=O) groups excluding carboxylic acids is 2. The predicted octanol–water partition coefficient (Wildman–Crippen LogP) is -0.669. The molecule has 118 valence electrons. The molecule has 21 heavy (non-hydrogen) atoms. The molecule has 2 saturated heterocycles. The molecule has 0 aromatic rings. The molecule has 0 saturated carbocycles. The first-order chi connectivity index (χ1) is 9.88. The maximum atomic E-state index is 11.7. The van der Waals surface area contributed by atoms with Crippen molar-refractivity contribution >= 4 is 23.2 Å². The van der Waals surface area contributed by atoms with E-state index in [0.29, 0.717) is 12.8 Å². The van der Waals surface area contributed by atoms with Crippen molar-refractivity contribution in [3.8, 4) is 0 Å². The van der Waals surface area contributed by atoms with Gasteiger partial charge in [-0.3, -0.25) is 13.8 Å². The summed E-state index contributed by atoms with van der Waals surface area (Å²) in [5.41, 5.74) is 0.272. The van der Waals surface area contributed by atoms with Gasteiger partial charge in [0.1, 0.15) is 12.6 Å². The van der Waals surface area contributed by atoms with Crippen LogP contribution in [0.2, 0.25) is 0 Å². The Hall–Kier alpha value is -1.29. The SMILES string of the molecule is C=C(C)C(=O)NCC(=O)OC1C2CCC(O2)C1OS(=O)[O-]. The van der Waals surface area contributed by atoms with Crippen molar-refractivity contribution < 1.29 is 32.0 Å². The van der Waals surface area contributed by atoms with E-state index in [1.807, 2.05) is 0 Å². The van der Waals surface area contributed by atoms with Gasteiger partial charge in [0.25, 0.3) is 0 Å². The summed E-state index contributed by atoms with van der Waals surface area (Å²) < 4.78 is 36.7. The topological polar surface area (TPSA) is 114 Å². The molecule has 5 atom stereocenters. The fraction of sp³-hybridized carbons (Fsp3) is 0.667. The quantitative estimate of drug-likeness (QED) is 0.392. The number of carbonyl (C=O) groups is 2. The Kier molecular flexibility index (Phi) is 5.09. The van der Waals surface area contributed by atoms with E-state index in [1.54, 1.807) is 0 Å². The zero-order valence-corrected chi connectivity index (χ0v) is 12.2. The molecule has 8 nitrogen and oxygen atoms in total. The van der Waals surface area contributed by atoms with Gasteiger partial charge in [0.2, 0.25) is 5.91 Å². The molecule has 0 aliphatic carbocycles. The molecule has 2 bridgehead atoms. The average Bonchev–Trinajstić information content (AvgIpc) is 2.98. The number of esters is 1. The van der Waals surface area contributed by atoms with Crippen LogP contribution in [0.3, 0.4) is 0 Å². The van der Waals surface area contributed by atoms with Gasteiger partial charge >= 0.3 is 5.97 Å². The Morgan fingerprint density at radius 1 is 1.38 bits per heavy atom. The number of nitrogens with one attached hydrogen (secondary N) is 1. The fourth-order valence-electron chi connectivity index (χ4n) is 2.44. The van der Waals surface area contributed by atoms with Crippen molar-refractivity contribution in [1.29, 1.82) is 0 Å². The number of amides is 1. The van der Waals surface area contributed by atoms with Gasteiger partial charge in [-0.25, -0.2) is 4.21 Å². The summed E-state index contributed by atoms with van der Waals surface area (Å²) in [4.78, 5) is 23.0. The van der Waals surface area contributed by atoms with Crippen molar-refractivity contribution in [1.82, 2.24) is 5.32 Å². The Morgan fingerprint density at radius 2 is 2.00 bits per heavy atom. The largest absolute Gasteiger partial charge is 0.750 e. The smallest absolute Gasteiger partial charge is 0.325 e. The molecule has 5 unspecified atom stereocenters. The van der Waals surface area contributed by atoms with Crippen LogP contribution < -0.4 is 5.32 Å². The number of hydrogen-bond donors (Lipinski definition) is 1. The Morgan fingerprint density at radius 3 is 2.57 bits per heavy atom.